The Kier molecular flexibility index (Phi) is 6.09. The third kappa shape index (κ3) is 4.29. The van der Waals surface area contributed by atoms with Crippen LogP contribution in [0.25, 0.3) is 11.0 Å². The fraction of sp³-hybridized carbons (Fsp3) is 0.571. The number of likely N-dealkylation sites (tertiary alicyclic amines) is 1. The number of nitrogens with zero attached hydrogens (tertiary/aromatic N) is 1. The molecule has 28 heavy (non-hydrogen) atoms. The molecule has 1 aromatic carbocycles. The molecule has 4 rings (SSSR count). The largest absolute Gasteiger partial charge is 0.463 e. The van der Waals surface area contributed by atoms with Gasteiger partial charge in [-0.2, -0.15) is 0 Å². The van der Waals surface area contributed by atoms with Crippen LogP contribution in [0, 0.1) is 11.8 Å². The van der Waals surface area contributed by atoms with E-state index in [2.05, 4.69) is 10.2 Å². The Balaban J connectivity index is 1.28. The molecule has 6 nitrogen and oxygen atoms in total. The molecule has 2 saturated heterocycles. The third-order valence-electron chi connectivity index (χ3n) is 6.09. The van der Waals surface area contributed by atoms with Crippen molar-refractivity contribution in [2.45, 2.75) is 25.7 Å². The number of anilines is 1. The van der Waals surface area contributed by atoms with E-state index in [0.29, 0.717) is 39.7 Å². The molecule has 2 aromatic rings. The molecule has 7 heteroatoms. The average molecular weight is 406 g/mol. The summed E-state index contributed by atoms with van der Waals surface area (Å²) in [5.41, 5.74) is 7.34. The molecule has 0 atom stereocenters. The van der Waals surface area contributed by atoms with Crippen LogP contribution in [-0.4, -0.2) is 50.2 Å². The first-order chi connectivity index (χ1) is 13.6. The molecule has 0 saturated carbocycles. The highest BCUT2D eigenvalue weighted by molar-refractivity contribution is 6.35. The summed E-state index contributed by atoms with van der Waals surface area (Å²) in [6, 6.07) is 3.33. The number of carbonyl (C=O) groups excluding carboxylic acids is 1. The molecule has 3 N–H and O–H groups in total. The lowest BCUT2D eigenvalue weighted by Gasteiger charge is -2.35. The van der Waals surface area contributed by atoms with Gasteiger partial charge in [-0.05, 0) is 62.7 Å². The Morgan fingerprint density at radius 3 is 2.71 bits per heavy atom. The number of nitrogens with one attached hydrogen (secondary N) is 1. The first-order valence-corrected chi connectivity index (χ1v) is 10.5. The lowest BCUT2D eigenvalue weighted by Crippen LogP contribution is -2.41. The van der Waals surface area contributed by atoms with Crippen molar-refractivity contribution < 1.29 is 13.9 Å². The van der Waals surface area contributed by atoms with Gasteiger partial charge in [0.2, 0.25) is 0 Å². The zero-order valence-corrected chi connectivity index (χ0v) is 16.8. The van der Waals surface area contributed by atoms with E-state index in [4.69, 9.17) is 26.5 Å². The van der Waals surface area contributed by atoms with E-state index < -0.39 is 0 Å². The molecular formula is C21H28ClN3O3. The summed E-state index contributed by atoms with van der Waals surface area (Å²) in [7, 11) is 0. The van der Waals surface area contributed by atoms with Gasteiger partial charge in [-0.15, -0.1) is 0 Å². The number of nitrogens with two attached hydrogens (primary N) is 1. The summed E-state index contributed by atoms with van der Waals surface area (Å²) in [5, 5.41) is 4.12. The summed E-state index contributed by atoms with van der Waals surface area (Å²) in [4.78, 5) is 15.3. The molecule has 3 heterocycles. The van der Waals surface area contributed by atoms with E-state index in [1.807, 2.05) is 0 Å². The van der Waals surface area contributed by atoms with Crippen molar-refractivity contribution in [1.29, 1.82) is 0 Å². The summed E-state index contributed by atoms with van der Waals surface area (Å²) >= 11 is 6.18. The van der Waals surface area contributed by atoms with E-state index in [0.717, 1.165) is 45.1 Å². The van der Waals surface area contributed by atoms with Gasteiger partial charge in [0.05, 0.1) is 22.5 Å². The molecular weight excluding hydrogens is 378 g/mol. The van der Waals surface area contributed by atoms with Crippen LogP contribution in [-0.2, 0) is 4.74 Å². The third-order valence-corrected chi connectivity index (χ3v) is 6.40. The van der Waals surface area contributed by atoms with Gasteiger partial charge >= 0.3 is 0 Å². The Hall–Kier alpha value is -1.76. The number of furan rings is 1. The standard InChI is InChI=1S/C21H28ClN3O3/c22-18-11-17(20-16(19(18)23)5-10-28-20)21(26)24-12-14-1-6-25(7-2-14)13-15-3-8-27-9-4-15/h5,10-11,14-15H,1-4,6-9,12-13,23H2,(H,24,26). The van der Waals surface area contributed by atoms with Crippen LogP contribution in [0.3, 0.4) is 0 Å². The zero-order chi connectivity index (χ0) is 19.5. The summed E-state index contributed by atoms with van der Waals surface area (Å²) in [5.74, 6) is 1.12. The molecule has 0 unspecified atom stereocenters. The topological polar surface area (TPSA) is 80.7 Å². The smallest absolute Gasteiger partial charge is 0.255 e. The molecule has 1 aromatic heterocycles. The van der Waals surface area contributed by atoms with Crippen LogP contribution in [0.15, 0.2) is 22.8 Å². The number of halogens is 1. The second kappa shape index (κ2) is 8.72. The number of piperidine rings is 1. The molecule has 0 bridgehead atoms. The number of rotatable bonds is 5. The highest BCUT2D eigenvalue weighted by Crippen LogP contribution is 2.32. The second-order valence-electron chi connectivity index (χ2n) is 7.99. The quantitative estimate of drug-likeness (QED) is 0.743. The van der Waals surface area contributed by atoms with Crippen molar-refractivity contribution >= 4 is 34.2 Å². The van der Waals surface area contributed by atoms with E-state index in [9.17, 15) is 4.79 Å². The van der Waals surface area contributed by atoms with Crippen molar-refractivity contribution in [3.8, 4) is 0 Å². The Morgan fingerprint density at radius 2 is 1.96 bits per heavy atom. The molecule has 2 aliphatic rings. The van der Waals surface area contributed by atoms with Crippen LogP contribution in [0.1, 0.15) is 36.0 Å². The van der Waals surface area contributed by atoms with Gasteiger partial charge in [0.1, 0.15) is 5.58 Å². The normalized spacial score (nSPS) is 19.9. The first kappa shape index (κ1) is 19.6. The lowest BCUT2D eigenvalue weighted by molar-refractivity contribution is 0.0467. The minimum absolute atomic E-state index is 0.161. The number of ether oxygens (including phenoxy) is 1. The zero-order valence-electron chi connectivity index (χ0n) is 16.1. The fourth-order valence-electron chi connectivity index (χ4n) is 4.30. The van der Waals surface area contributed by atoms with Crippen molar-refractivity contribution in [3.63, 3.8) is 0 Å². The molecule has 0 radical (unpaired) electrons. The SMILES string of the molecule is Nc1c(Cl)cc(C(=O)NCC2CCN(CC3CCOCC3)CC2)c2occc12. The number of benzene rings is 1. The second-order valence-corrected chi connectivity index (χ2v) is 8.40. The molecule has 152 valence electrons. The summed E-state index contributed by atoms with van der Waals surface area (Å²) < 4.78 is 10.9. The van der Waals surface area contributed by atoms with E-state index in [1.54, 1.807) is 12.1 Å². The lowest BCUT2D eigenvalue weighted by atomic mass is 9.94. The van der Waals surface area contributed by atoms with Gasteiger partial charge in [0, 0.05) is 31.7 Å². The molecule has 2 aliphatic heterocycles. The minimum Gasteiger partial charge on any atom is -0.463 e. The van der Waals surface area contributed by atoms with E-state index >= 15 is 0 Å². The van der Waals surface area contributed by atoms with E-state index in [1.165, 1.54) is 25.6 Å². The van der Waals surface area contributed by atoms with Gasteiger partial charge in [-0.25, -0.2) is 0 Å². The van der Waals surface area contributed by atoms with Gasteiger partial charge in [-0.1, -0.05) is 11.6 Å². The predicted octanol–water partition coefficient (Wildman–Crippen LogP) is 3.54. The number of nitrogen functional groups attached to an aromatic ring is 1. The number of carbonyl (C=O) groups is 1. The molecule has 0 aliphatic carbocycles. The highest BCUT2D eigenvalue weighted by Gasteiger charge is 2.24. The maximum atomic E-state index is 12.7. The first-order valence-electron chi connectivity index (χ1n) is 10.2. The van der Waals surface area contributed by atoms with Crippen LogP contribution in [0.4, 0.5) is 5.69 Å². The monoisotopic (exact) mass is 405 g/mol. The van der Waals surface area contributed by atoms with Crippen molar-refractivity contribution in [2.24, 2.45) is 11.8 Å². The number of fused-ring (bicyclic) bond motifs is 1. The summed E-state index contributed by atoms with van der Waals surface area (Å²) in [6.45, 7) is 5.88. The fourth-order valence-corrected chi connectivity index (χ4v) is 4.51. The van der Waals surface area contributed by atoms with Crippen LogP contribution in [0.5, 0.6) is 0 Å². The maximum Gasteiger partial charge on any atom is 0.255 e. The van der Waals surface area contributed by atoms with Gasteiger partial charge < -0.3 is 25.1 Å². The molecule has 2 fully saturated rings. The van der Waals surface area contributed by atoms with Crippen molar-refractivity contribution in [1.82, 2.24) is 10.2 Å². The number of hydrogen-bond donors (Lipinski definition) is 2. The maximum absolute atomic E-state index is 12.7. The number of amides is 1. The predicted molar refractivity (Wildman–Crippen MR) is 111 cm³/mol. The van der Waals surface area contributed by atoms with Crippen LogP contribution >= 0.6 is 11.6 Å². The number of hydrogen-bond acceptors (Lipinski definition) is 5. The van der Waals surface area contributed by atoms with E-state index in [-0.39, 0.29) is 5.91 Å². The van der Waals surface area contributed by atoms with Gasteiger partial charge in [0.15, 0.2) is 0 Å². The summed E-state index contributed by atoms with van der Waals surface area (Å²) in [6.07, 6.45) is 6.12. The highest BCUT2D eigenvalue weighted by atomic mass is 35.5. The minimum atomic E-state index is -0.161. The van der Waals surface area contributed by atoms with Crippen molar-refractivity contribution in [3.05, 3.63) is 29.0 Å². The van der Waals surface area contributed by atoms with Crippen LogP contribution < -0.4 is 11.1 Å². The Labute approximate surface area is 170 Å². The van der Waals surface area contributed by atoms with Crippen LogP contribution in [0.2, 0.25) is 5.02 Å². The van der Waals surface area contributed by atoms with Gasteiger partial charge in [0.25, 0.3) is 5.91 Å². The molecule has 0 spiro atoms. The Morgan fingerprint density at radius 1 is 1.21 bits per heavy atom. The Bertz CT molecular complexity index is 824. The average Bonchev–Trinajstić information content (AvgIpc) is 3.21. The van der Waals surface area contributed by atoms with Gasteiger partial charge in [-0.3, -0.25) is 4.79 Å². The van der Waals surface area contributed by atoms with Crippen molar-refractivity contribution in [2.75, 3.05) is 45.1 Å². The molecule has 1 amide bonds.